The molecule has 2 N–H and O–H groups in total. The number of nitro groups is 1. The van der Waals surface area contributed by atoms with E-state index < -0.39 is 10.8 Å². The predicted octanol–water partition coefficient (Wildman–Crippen LogP) is 4.87. The van der Waals surface area contributed by atoms with Crippen molar-refractivity contribution in [1.82, 2.24) is 0 Å². The van der Waals surface area contributed by atoms with Crippen LogP contribution in [0.15, 0.2) is 66.7 Å². The van der Waals surface area contributed by atoms with Crippen molar-refractivity contribution in [3.8, 4) is 16.9 Å². The zero-order valence-electron chi connectivity index (χ0n) is 13.3. The lowest BCUT2D eigenvalue weighted by molar-refractivity contribution is -0.384. The number of benzene rings is 3. The van der Waals surface area contributed by atoms with Gasteiger partial charge >= 0.3 is 0 Å². The number of halogens is 1. The van der Waals surface area contributed by atoms with Gasteiger partial charge in [0.15, 0.2) is 0 Å². The molecule has 3 aromatic rings. The SMILES string of the molecule is O=C(Nc1ccc([N+](=O)[O-])cc1Cl)c1cccc(-c2ccccc2)c1O. The maximum absolute atomic E-state index is 12.5. The molecule has 0 atom stereocenters. The molecule has 0 aromatic heterocycles. The highest BCUT2D eigenvalue weighted by Gasteiger charge is 2.17. The Kier molecular flexibility index (Phi) is 4.86. The van der Waals surface area contributed by atoms with Crippen LogP contribution in [-0.2, 0) is 0 Å². The summed E-state index contributed by atoms with van der Waals surface area (Å²) in [6.07, 6.45) is 0. The molecule has 0 aliphatic carbocycles. The van der Waals surface area contributed by atoms with E-state index in [4.69, 9.17) is 11.6 Å². The first-order valence-electron chi connectivity index (χ1n) is 7.60. The molecule has 0 spiro atoms. The maximum atomic E-state index is 12.5. The van der Waals surface area contributed by atoms with Crippen molar-refractivity contribution in [3.63, 3.8) is 0 Å². The molecule has 0 heterocycles. The summed E-state index contributed by atoms with van der Waals surface area (Å²) in [7, 11) is 0. The van der Waals surface area contributed by atoms with Crippen LogP contribution in [0, 0.1) is 10.1 Å². The Bertz CT molecular complexity index is 990. The first kappa shape index (κ1) is 17.4. The minimum Gasteiger partial charge on any atom is -0.506 e. The van der Waals surface area contributed by atoms with Crippen LogP contribution in [0.3, 0.4) is 0 Å². The zero-order valence-corrected chi connectivity index (χ0v) is 14.1. The average molecular weight is 369 g/mol. The fourth-order valence-electron chi connectivity index (χ4n) is 2.49. The number of para-hydroxylation sites is 1. The molecule has 0 aliphatic heterocycles. The van der Waals surface area contributed by atoms with Crippen LogP contribution < -0.4 is 5.32 Å². The van der Waals surface area contributed by atoms with Crippen LogP contribution >= 0.6 is 11.6 Å². The van der Waals surface area contributed by atoms with Crippen molar-refractivity contribution < 1.29 is 14.8 Å². The van der Waals surface area contributed by atoms with Crippen molar-refractivity contribution in [2.75, 3.05) is 5.32 Å². The Balaban J connectivity index is 1.91. The van der Waals surface area contributed by atoms with Gasteiger partial charge in [0.25, 0.3) is 11.6 Å². The number of aromatic hydroxyl groups is 1. The van der Waals surface area contributed by atoms with Crippen LogP contribution in [0.2, 0.25) is 5.02 Å². The summed E-state index contributed by atoms with van der Waals surface area (Å²) < 4.78 is 0. The number of hydrogen-bond acceptors (Lipinski definition) is 4. The van der Waals surface area contributed by atoms with Gasteiger partial charge in [-0.3, -0.25) is 14.9 Å². The first-order chi connectivity index (χ1) is 12.5. The standard InChI is InChI=1S/C19H13ClN2O4/c20-16-11-13(22(25)26)9-10-17(16)21-19(24)15-8-4-7-14(18(15)23)12-5-2-1-3-6-12/h1-11,23H,(H,21,24). The summed E-state index contributed by atoms with van der Waals surface area (Å²) in [5.74, 6) is -0.731. The highest BCUT2D eigenvalue weighted by Crippen LogP contribution is 2.33. The van der Waals surface area contributed by atoms with Gasteiger partial charge in [0.2, 0.25) is 0 Å². The Morgan fingerprint density at radius 2 is 1.77 bits per heavy atom. The fraction of sp³-hybridized carbons (Fsp3) is 0. The van der Waals surface area contributed by atoms with E-state index in [-0.39, 0.29) is 27.7 Å². The molecule has 0 bridgehead atoms. The molecule has 0 fully saturated rings. The molecule has 1 amide bonds. The van der Waals surface area contributed by atoms with Crippen LogP contribution in [0.25, 0.3) is 11.1 Å². The molecule has 3 rings (SSSR count). The number of nitrogens with zero attached hydrogens (tertiary/aromatic N) is 1. The van der Waals surface area contributed by atoms with Gasteiger partial charge in [0.1, 0.15) is 5.75 Å². The molecule has 0 radical (unpaired) electrons. The predicted molar refractivity (Wildman–Crippen MR) is 99.6 cm³/mol. The summed E-state index contributed by atoms with van der Waals surface area (Å²) in [6, 6.07) is 17.7. The van der Waals surface area contributed by atoms with E-state index in [2.05, 4.69) is 5.32 Å². The normalized spacial score (nSPS) is 10.3. The number of nitro benzene ring substituents is 1. The zero-order chi connectivity index (χ0) is 18.7. The molecule has 0 saturated carbocycles. The highest BCUT2D eigenvalue weighted by atomic mass is 35.5. The van der Waals surface area contributed by atoms with Crippen molar-refractivity contribution in [2.45, 2.75) is 0 Å². The molecule has 0 saturated heterocycles. The lowest BCUT2D eigenvalue weighted by atomic mass is 10.0. The van der Waals surface area contributed by atoms with Crippen molar-refractivity contribution in [3.05, 3.63) is 87.4 Å². The van der Waals surface area contributed by atoms with Crippen molar-refractivity contribution >= 4 is 28.9 Å². The summed E-state index contributed by atoms with van der Waals surface area (Å²) in [5.41, 5.74) is 1.40. The largest absolute Gasteiger partial charge is 0.506 e. The van der Waals surface area contributed by atoms with Crippen molar-refractivity contribution in [2.24, 2.45) is 0 Å². The highest BCUT2D eigenvalue weighted by molar-refractivity contribution is 6.34. The fourth-order valence-corrected chi connectivity index (χ4v) is 2.71. The average Bonchev–Trinajstić information content (AvgIpc) is 2.64. The van der Waals surface area contributed by atoms with Gasteiger partial charge in [-0.15, -0.1) is 0 Å². The van der Waals surface area contributed by atoms with E-state index in [1.807, 2.05) is 30.3 Å². The Hall–Kier alpha value is -3.38. The molecule has 0 unspecified atom stereocenters. The van der Waals surface area contributed by atoms with E-state index >= 15 is 0 Å². The van der Waals surface area contributed by atoms with Gasteiger partial charge < -0.3 is 10.4 Å². The molecular weight excluding hydrogens is 356 g/mol. The lowest BCUT2D eigenvalue weighted by Crippen LogP contribution is -2.12. The lowest BCUT2D eigenvalue weighted by Gasteiger charge is -2.11. The third-order valence-electron chi connectivity index (χ3n) is 3.78. The van der Waals surface area contributed by atoms with Gasteiger partial charge in [0, 0.05) is 17.7 Å². The third kappa shape index (κ3) is 3.50. The minimum absolute atomic E-state index is 0.0336. The van der Waals surface area contributed by atoms with E-state index in [0.717, 1.165) is 11.6 Å². The van der Waals surface area contributed by atoms with Crippen LogP contribution in [0.1, 0.15) is 10.4 Å². The van der Waals surface area contributed by atoms with Crippen LogP contribution in [0.5, 0.6) is 5.75 Å². The molecule has 0 aliphatic rings. The number of phenols is 1. The number of hydrogen-bond donors (Lipinski definition) is 2. The summed E-state index contributed by atoms with van der Waals surface area (Å²) >= 11 is 5.99. The molecule has 6 nitrogen and oxygen atoms in total. The number of rotatable bonds is 4. The van der Waals surface area contributed by atoms with Gasteiger partial charge in [-0.2, -0.15) is 0 Å². The number of phenolic OH excluding ortho intramolecular Hbond substituents is 1. The molecule has 7 heteroatoms. The number of nitrogens with one attached hydrogen (secondary N) is 1. The number of amides is 1. The third-order valence-corrected chi connectivity index (χ3v) is 4.09. The topological polar surface area (TPSA) is 92.5 Å². The molecule has 3 aromatic carbocycles. The van der Waals surface area contributed by atoms with Gasteiger partial charge in [0.05, 0.1) is 21.2 Å². The van der Waals surface area contributed by atoms with Gasteiger partial charge in [-0.25, -0.2) is 0 Å². The molecular formula is C19H13ClN2O4. The summed E-state index contributed by atoms with van der Waals surface area (Å²) in [4.78, 5) is 22.7. The van der Waals surface area contributed by atoms with E-state index in [0.29, 0.717) is 5.56 Å². The number of anilines is 1. The smallest absolute Gasteiger partial charge is 0.271 e. The Morgan fingerprint density at radius 1 is 1.04 bits per heavy atom. The maximum Gasteiger partial charge on any atom is 0.271 e. The molecule has 130 valence electrons. The monoisotopic (exact) mass is 368 g/mol. The number of carbonyl (C=O) groups is 1. The second kappa shape index (κ2) is 7.25. The first-order valence-corrected chi connectivity index (χ1v) is 7.98. The van der Waals surface area contributed by atoms with E-state index in [1.54, 1.807) is 12.1 Å². The van der Waals surface area contributed by atoms with Crippen LogP contribution in [-0.4, -0.2) is 15.9 Å². The minimum atomic E-state index is -0.577. The number of carbonyl (C=O) groups excluding carboxylic acids is 1. The van der Waals surface area contributed by atoms with Crippen LogP contribution in [0.4, 0.5) is 11.4 Å². The Morgan fingerprint density at radius 3 is 2.42 bits per heavy atom. The van der Waals surface area contributed by atoms with Crippen molar-refractivity contribution in [1.29, 1.82) is 0 Å². The second-order valence-electron chi connectivity index (χ2n) is 5.44. The Labute approximate surface area is 153 Å². The molecule has 26 heavy (non-hydrogen) atoms. The van der Waals surface area contributed by atoms with E-state index in [1.165, 1.54) is 18.2 Å². The van der Waals surface area contributed by atoms with Gasteiger partial charge in [-0.05, 0) is 17.7 Å². The number of non-ortho nitro benzene ring substituents is 1. The second-order valence-corrected chi connectivity index (χ2v) is 5.85. The quantitative estimate of drug-likeness (QED) is 0.507. The summed E-state index contributed by atoms with van der Waals surface area (Å²) in [6.45, 7) is 0. The van der Waals surface area contributed by atoms with E-state index in [9.17, 15) is 20.0 Å². The van der Waals surface area contributed by atoms with Gasteiger partial charge in [-0.1, -0.05) is 54.1 Å². The summed E-state index contributed by atoms with van der Waals surface area (Å²) in [5, 5.41) is 23.8.